The number of nitrogens with zero attached hydrogens (tertiary/aromatic N) is 2. The van der Waals surface area contributed by atoms with E-state index < -0.39 is 0 Å². The molecule has 0 radical (unpaired) electrons. The van der Waals surface area contributed by atoms with E-state index in [9.17, 15) is 0 Å². The summed E-state index contributed by atoms with van der Waals surface area (Å²) < 4.78 is 3.43. The summed E-state index contributed by atoms with van der Waals surface area (Å²) in [5.74, 6) is 0.940. The molecule has 1 atom stereocenters. The number of thiophene rings is 1. The first-order valence-electron chi connectivity index (χ1n) is 6.39. The van der Waals surface area contributed by atoms with E-state index in [4.69, 9.17) is 16.6 Å². The second-order valence-corrected chi connectivity index (χ2v) is 8.09. The molecule has 3 aromatic rings. The Bertz CT molecular complexity index is 760. The van der Waals surface area contributed by atoms with E-state index >= 15 is 0 Å². The summed E-state index contributed by atoms with van der Waals surface area (Å²) in [7, 11) is 0. The highest BCUT2D eigenvalue weighted by Gasteiger charge is 2.15. The van der Waals surface area contributed by atoms with Gasteiger partial charge in [0.1, 0.15) is 5.82 Å². The van der Waals surface area contributed by atoms with Crippen molar-refractivity contribution in [1.29, 1.82) is 0 Å². The van der Waals surface area contributed by atoms with Crippen molar-refractivity contribution in [3.8, 4) is 0 Å². The Balaban J connectivity index is 2.13. The summed E-state index contributed by atoms with van der Waals surface area (Å²) in [6.45, 7) is 4.94. The van der Waals surface area contributed by atoms with Crippen LogP contribution in [0.4, 0.5) is 0 Å². The SMILES string of the molecule is Cc1ccc(Cn2c(C(C)Cl)nc3cc(I)ccc32)s1. The standard InChI is InChI=1S/C15H14ClIN2S/c1-9-3-5-12(20-9)8-19-14-6-4-11(17)7-13(14)18-15(19)10(2)16/h3-7,10H,8H2,1-2H3. The number of benzene rings is 1. The molecule has 0 aliphatic heterocycles. The van der Waals surface area contributed by atoms with Crippen LogP contribution in [0.2, 0.25) is 0 Å². The average molecular weight is 417 g/mol. The van der Waals surface area contributed by atoms with Gasteiger partial charge >= 0.3 is 0 Å². The Morgan fingerprint density at radius 3 is 2.80 bits per heavy atom. The third kappa shape index (κ3) is 2.73. The van der Waals surface area contributed by atoms with Crippen LogP contribution in [0.5, 0.6) is 0 Å². The van der Waals surface area contributed by atoms with E-state index in [2.05, 4.69) is 64.4 Å². The molecule has 0 saturated carbocycles. The molecular formula is C15H14ClIN2S. The molecule has 5 heteroatoms. The number of alkyl halides is 1. The van der Waals surface area contributed by atoms with E-state index in [1.165, 1.54) is 13.3 Å². The smallest absolute Gasteiger partial charge is 0.128 e. The second-order valence-electron chi connectivity index (χ2n) is 4.82. The highest BCUT2D eigenvalue weighted by atomic mass is 127. The summed E-state index contributed by atoms with van der Waals surface area (Å²) in [6, 6.07) is 10.7. The number of imidazole rings is 1. The molecule has 0 spiro atoms. The minimum Gasteiger partial charge on any atom is -0.321 e. The molecular weight excluding hydrogens is 403 g/mol. The van der Waals surface area contributed by atoms with Crippen molar-refractivity contribution in [3.63, 3.8) is 0 Å². The van der Waals surface area contributed by atoms with Crippen LogP contribution >= 0.6 is 45.5 Å². The molecule has 0 aliphatic rings. The minimum atomic E-state index is -0.0962. The third-order valence-electron chi connectivity index (χ3n) is 3.21. The predicted octanol–water partition coefficient (Wildman–Crippen LogP) is 5.36. The van der Waals surface area contributed by atoms with Crippen LogP contribution in [-0.4, -0.2) is 9.55 Å². The Morgan fingerprint density at radius 1 is 1.35 bits per heavy atom. The maximum atomic E-state index is 6.31. The van der Waals surface area contributed by atoms with Gasteiger partial charge in [0.2, 0.25) is 0 Å². The summed E-state index contributed by atoms with van der Waals surface area (Å²) in [5.41, 5.74) is 2.17. The van der Waals surface area contributed by atoms with Crippen LogP contribution < -0.4 is 0 Å². The van der Waals surface area contributed by atoms with Gasteiger partial charge < -0.3 is 4.57 Å². The van der Waals surface area contributed by atoms with Crippen molar-refractivity contribution in [2.45, 2.75) is 25.8 Å². The van der Waals surface area contributed by atoms with E-state index in [1.54, 1.807) is 0 Å². The maximum Gasteiger partial charge on any atom is 0.128 e. The lowest BCUT2D eigenvalue weighted by atomic mass is 10.3. The van der Waals surface area contributed by atoms with Gasteiger partial charge in [-0.05, 0) is 66.8 Å². The largest absolute Gasteiger partial charge is 0.321 e. The fourth-order valence-corrected chi connectivity index (χ4v) is 3.84. The quantitative estimate of drug-likeness (QED) is 0.415. The van der Waals surface area contributed by atoms with Crippen LogP contribution in [0.25, 0.3) is 11.0 Å². The first-order valence-corrected chi connectivity index (χ1v) is 8.73. The zero-order valence-corrected chi connectivity index (χ0v) is 15.0. The summed E-state index contributed by atoms with van der Waals surface area (Å²) in [4.78, 5) is 7.37. The first kappa shape index (κ1) is 14.4. The molecule has 2 nitrogen and oxygen atoms in total. The molecule has 0 saturated heterocycles. The number of hydrogen-bond acceptors (Lipinski definition) is 2. The van der Waals surface area contributed by atoms with E-state index in [0.717, 1.165) is 23.4 Å². The molecule has 2 heterocycles. The number of halogens is 2. The number of aryl methyl sites for hydroxylation is 1. The zero-order chi connectivity index (χ0) is 14.3. The molecule has 0 N–H and O–H groups in total. The van der Waals surface area contributed by atoms with E-state index in [0.29, 0.717) is 0 Å². The summed E-state index contributed by atoms with van der Waals surface area (Å²) >= 11 is 10.4. The highest BCUT2D eigenvalue weighted by molar-refractivity contribution is 14.1. The van der Waals surface area contributed by atoms with Crippen LogP contribution in [-0.2, 0) is 6.54 Å². The lowest BCUT2D eigenvalue weighted by Crippen LogP contribution is -2.04. The fraction of sp³-hybridized carbons (Fsp3) is 0.267. The van der Waals surface area contributed by atoms with Crippen molar-refractivity contribution in [2.24, 2.45) is 0 Å². The Morgan fingerprint density at radius 2 is 2.15 bits per heavy atom. The normalized spacial score (nSPS) is 13.0. The van der Waals surface area contributed by atoms with Gasteiger partial charge in [0.25, 0.3) is 0 Å². The minimum absolute atomic E-state index is 0.0962. The van der Waals surface area contributed by atoms with Crippen LogP contribution in [0.1, 0.15) is 27.9 Å². The summed E-state index contributed by atoms with van der Waals surface area (Å²) in [6.07, 6.45) is 0. The van der Waals surface area contributed by atoms with Crippen molar-refractivity contribution >= 4 is 56.6 Å². The first-order chi connectivity index (χ1) is 9.54. The van der Waals surface area contributed by atoms with Crippen molar-refractivity contribution in [1.82, 2.24) is 9.55 Å². The fourth-order valence-electron chi connectivity index (χ4n) is 2.32. The maximum absolute atomic E-state index is 6.31. The predicted molar refractivity (Wildman–Crippen MR) is 94.9 cm³/mol. The van der Waals surface area contributed by atoms with Crippen LogP contribution in [0.3, 0.4) is 0 Å². The van der Waals surface area contributed by atoms with Crippen molar-refractivity contribution in [2.75, 3.05) is 0 Å². The van der Waals surface area contributed by atoms with Crippen molar-refractivity contribution < 1.29 is 0 Å². The van der Waals surface area contributed by atoms with Crippen molar-refractivity contribution in [3.05, 3.63) is 49.5 Å². The molecule has 0 bridgehead atoms. The molecule has 1 aromatic carbocycles. The number of rotatable bonds is 3. The molecule has 3 rings (SSSR count). The molecule has 0 aliphatic carbocycles. The molecule has 0 fully saturated rings. The molecule has 2 aromatic heterocycles. The van der Waals surface area contributed by atoms with E-state index in [1.807, 2.05) is 18.3 Å². The van der Waals surface area contributed by atoms with Gasteiger partial charge in [-0.3, -0.25) is 0 Å². The Kier molecular flexibility index (Phi) is 4.06. The highest BCUT2D eigenvalue weighted by Crippen LogP contribution is 2.28. The van der Waals surface area contributed by atoms with Gasteiger partial charge in [0.05, 0.1) is 23.0 Å². The average Bonchev–Trinajstić information content (AvgIpc) is 2.94. The van der Waals surface area contributed by atoms with Gasteiger partial charge in [-0.1, -0.05) is 0 Å². The lowest BCUT2D eigenvalue weighted by molar-refractivity contribution is 0.750. The van der Waals surface area contributed by atoms with Gasteiger partial charge in [0, 0.05) is 13.3 Å². The summed E-state index contributed by atoms with van der Waals surface area (Å²) in [5, 5.41) is -0.0962. The van der Waals surface area contributed by atoms with Crippen LogP contribution in [0.15, 0.2) is 30.3 Å². The van der Waals surface area contributed by atoms with E-state index in [-0.39, 0.29) is 5.38 Å². The van der Waals surface area contributed by atoms with Gasteiger partial charge in [-0.25, -0.2) is 4.98 Å². The number of aromatic nitrogens is 2. The van der Waals surface area contributed by atoms with Gasteiger partial charge in [-0.15, -0.1) is 22.9 Å². The number of hydrogen-bond donors (Lipinski definition) is 0. The van der Waals surface area contributed by atoms with Gasteiger partial charge in [0.15, 0.2) is 0 Å². The monoisotopic (exact) mass is 416 g/mol. The van der Waals surface area contributed by atoms with Gasteiger partial charge in [-0.2, -0.15) is 0 Å². The second kappa shape index (κ2) is 5.66. The molecule has 104 valence electrons. The topological polar surface area (TPSA) is 17.8 Å². The van der Waals surface area contributed by atoms with Crippen LogP contribution in [0, 0.1) is 10.5 Å². The lowest BCUT2D eigenvalue weighted by Gasteiger charge is -2.09. The Hall–Kier alpha value is -0.590. The third-order valence-corrected chi connectivity index (χ3v) is 5.06. The zero-order valence-electron chi connectivity index (χ0n) is 11.2. The number of fused-ring (bicyclic) bond motifs is 1. The molecule has 0 amide bonds. The molecule has 1 unspecified atom stereocenters. The Labute approximate surface area is 140 Å². The molecule has 20 heavy (non-hydrogen) atoms.